The number of carbonyl (C=O) groups excluding carboxylic acids is 3. The second-order valence-electron chi connectivity index (χ2n) is 21.4. The van der Waals surface area contributed by atoms with E-state index in [4.69, 9.17) is 4.74 Å². The third kappa shape index (κ3) is 6.75. The highest BCUT2D eigenvalue weighted by atomic mass is 16.5. The van der Waals surface area contributed by atoms with Crippen molar-refractivity contribution in [1.29, 1.82) is 0 Å². The summed E-state index contributed by atoms with van der Waals surface area (Å²) in [5, 5.41) is 9.63. The van der Waals surface area contributed by atoms with Gasteiger partial charge in [0.05, 0.1) is 18.4 Å². The van der Waals surface area contributed by atoms with Gasteiger partial charge in [-0.15, -0.1) is 0 Å². The van der Waals surface area contributed by atoms with Gasteiger partial charge in [0.25, 0.3) is 0 Å². The van der Waals surface area contributed by atoms with E-state index >= 15 is 0 Å². The number of carboxylic acid groups (broad SMARTS) is 1. The summed E-state index contributed by atoms with van der Waals surface area (Å²) in [6.45, 7) is 22.3. The number of ketones is 1. The summed E-state index contributed by atoms with van der Waals surface area (Å²) in [6.07, 6.45) is 12.3. The van der Waals surface area contributed by atoms with Crippen LogP contribution in [0.3, 0.4) is 0 Å². The minimum atomic E-state index is -1.15. The molecule has 1 amide bonds. The number of hydrogen-bond acceptors (Lipinski definition) is 6. The number of ether oxygens (including phenoxy) is 1. The molecule has 0 bridgehead atoms. The lowest BCUT2D eigenvalue weighted by Gasteiger charge is -2.72. The lowest BCUT2D eigenvalue weighted by atomic mass is 9.33. The van der Waals surface area contributed by atoms with Crippen molar-refractivity contribution >= 4 is 23.6 Å². The Bertz CT molecular complexity index is 1520. The van der Waals surface area contributed by atoms with Crippen molar-refractivity contribution in [3.05, 3.63) is 11.1 Å². The lowest BCUT2D eigenvalue weighted by Crippen LogP contribution is -2.65. The average molecular weight is 737 g/mol. The molecule has 1 N–H and O–H groups in total. The van der Waals surface area contributed by atoms with E-state index in [0.717, 1.165) is 76.5 Å². The molecule has 0 heterocycles. The van der Waals surface area contributed by atoms with Crippen LogP contribution in [0.25, 0.3) is 0 Å². The van der Waals surface area contributed by atoms with Crippen LogP contribution in [-0.2, 0) is 23.9 Å². The van der Waals surface area contributed by atoms with Crippen LogP contribution in [0.1, 0.15) is 146 Å². The van der Waals surface area contributed by atoms with Crippen molar-refractivity contribution in [2.24, 2.45) is 62.1 Å². The molecule has 5 saturated carbocycles. The minimum absolute atomic E-state index is 0.0813. The van der Waals surface area contributed by atoms with Crippen LogP contribution < -0.4 is 0 Å². The van der Waals surface area contributed by atoms with E-state index in [-0.39, 0.29) is 51.4 Å². The number of rotatable bonds is 12. The molecular formula is C45H72N2O6. The number of Topliss-reactive ketones (excluding diaryl/α,β-unsaturated/α-hetero) is 1. The maximum absolute atomic E-state index is 14.2. The van der Waals surface area contributed by atoms with E-state index < -0.39 is 17.4 Å². The maximum atomic E-state index is 14.2. The number of amides is 1. The fourth-order valence-electron chi connectivity index (χ4n) is 13.5. The molecule has 6 aliphatic carbocycles. The minimum Gasteiger partial charge on any atom is -0.481 e. The Morgan fingerprint density at radius 3 is 2.17 bits per heavy atom. The standard InChI is InChI=1S/C45H72N2O6/c1-28(2)37-31(48)24-45(22-23-47(26-29-12-13-29)27-35(49)46(10)11)21-20-43(8)30(38(37)45)14-15-33-42(7)18-17-34(53-36(50)25-40(3,4)39(51)52)41(5,6)32(42)16-19-44(33,43)9/h28-30,32-34H,12-27H2,1-11H3,(H,51,52)/t30-,32?,33?,34+,42+,43-,44-,45-/m1/s1. The van der Waals surface area contributed by atoms with E-state index in [2.05, 4.69) is 53.4 Å². The molecule has 0 aliphatic heterocycles. The maximum Gasteiger partial charge on any atom is 0.309 e. The van der Waals surface area contributed by atoms with Crippen LogP contribution in [-0.4, -0.2) is 78.4 Å². The lowest BCUT2D eigenvalue weighted by molar-refractivity contribution is -0.233. The number of allylic oxidation sites excluding steroid dienone is 2. The van der Waals surface area contributed by atoms with Crippen molar-refractivity contribution < 1.29 is 29.0 Å². The van der Waals surface area contributed by atoms with Gasteiger partial charge in [0, 0.05) is 37.9 Å². The third-order valence-corrected chi connectivity index (χ3v) is 16.9. The average Bonchev–Trinajstić information content (AvgIpc) is 3.81. The molecule has 0 aromatic carbocycles. The molecule has 2 unspecified atom stereocenters. The van der Waals surface area contributed by atoms with Gasteiger partial charge in [-0.1, -0.05) is 54.0 Å². The molecule has 8 nitrogen and oxygen atoms in total. The first-order valence-electron chi connectivity index (χ1n) is 21.2. The molecule has 53 heavy (non-hydrogen) atoms. The van der Waals surface area contributed by atoms with Gasteiger partial charge in [-0.25, -0.2) is 0 Å². The summed E-state index contributed by atoms with van der Waals surface area (Å²) >= 11 is 0. The Labute approximate surface area is 320 Å². The molecule has 0 aromatic heterocycles. The highest BCUT2D eigenvalue weighted by Crippen LogP contribution is 2.77. The molecule has 8 atom stereocenters. The molecule has 6 aliphatic rings. The highest BCUT2D eigenvalue weighted by Gasteiger charge is 2.70. The molecule has 8 heteroatoms. The van der Waals surface area contributed by atoms with Gasteiger partial charge in [-0.2, -0.15) is 0 Å². The molecule has 0 radical (unpaired) electrons. The van der Waals surface area contributed by atoms with Crippen LogP contribution in [0.2, 0.25) is 0 Å². The van der Waals surface area contributed by atoms with Crippen LogP contribution in [0.4, 0.5) is 0 Å². The third-order valence-electron chi connectivity index (χ3n) is 16.9. The van der Waals surface area contributed by atoms with Crippen LogP contribution in [0.5, 0.6) is 0 Å². The normalized spacial score (nSPS) is 37.9. The zero-order valence-corrected chi connectivity index (χ0v) is 35.2. The second kappa shape index (κ2) is 13.8. The molecule has 0 spiro atoms. The largest absolute Gasteiger partial charge is 0.481 e. The van der Waals surface area contributed by atoms with Crippen molar-refractivity contribution in [1.82, 2.24) is 9.80 Å². The number of esters is 1. The predicted octanol–water partition coefficient (Wildman–Crippen LogP) is 8.57. The zero-order chi connectivity index (χ0) is 39.1. The molecule has 0 aromatic rings. The van der Waals surface area contributed by atoms with Gasteiger partial charge in [0.2, 0.25) is 5.91 Å². The quantitative estimate of drug-likeness (QED) is 0.200. The Morgan fingerprint density at radius 2 is 1.57 bits per heavy atom. The van der Waals surface area contributed by atoms with Gasteiger partial charge in [0.1, 0.15) is 6.10 Å². The first-order chi connectivity index (χ1) is 24.5. The summed E-state index contributed by atoms with van der Waals surface area (Å²) < 4.78 is 6.19. The Hall–Kier alpha value is -2.22. The van der Waals surface area contributed by atoms with Gasteiger partial charge in [-0.3, -0.25) is 24.1 Å². The number of likely N-dealkylation sites (N-methyl/N-ethyl adjacent to an activating group) is 1. The van der Waals surface area contributed by atoms with Gasteiger partial charge >= 0.3 is 11.9 Å². The Kier molecular flexibility index (Phi) is 10.5. The van der Waals surface area contributed by atoms with E-state index in [1.807, 2.05) is 14.1 Å². The summed E-state index contributed by atoms with van der Waals surface area (Å²) in [5.41, 5.74) is 1.48. The van der Waals surface area contributed by atoms with Crippen molar-refractivity contribution in [2.75, 3.05) is 33.7 Å². The monoisotopic (exact) mass is 737 g/mol. The topological polar surface area (TPSA) is 104 Å². The fraction of sp³-hybridized carbons (Fsp3) is 0.867. The van der Waals surface area contributed by atoms with Crippen molar-refractivity contribution in [3.8, 4) is 0 Å². The number of carbonyl (C=O) groups is 4. The number of aliphatic carboxylic acids is 1. The van der Waals surface area contributed by atoms with E-state index in [0.29, 0.717) is 42.4 Å². The molecule has 5 fully saturated rings. The molecule has 6 rings (SSSR count). The fourth-order valence-corrected chi connectivity index (χ4v) is 13.5. The molecular weight excluding hydrogens is 665 g/mol. The number of carboxylic acids is 1. The van der Waals surface area contributed by atoms with E-state index in [9.17, 15) is 24.3 Å². The van der Waals surface area contributed by atoms with Crippen LogP contribution in [0.15, 0.2) is 11.1 Å². The Morgan fingerprint density at radius 1 is 0.887 bits per heavy atom. The first-order valence-corrected chi connectivity index (χ1v) is 21.2. The number of hydrogen-bond donors (Lipinski definition) is 1. The van der Waals surface area contributed by atoms with Gasteiger partial charge < -0.3 is 14.7 Å². The van der Waals surface area contributed by atoms with E-state index in [1.54, 1.807) is 18.7 Å². The first kappa shape index (κ1) is 40.4. The zero-order valence-electron chi connectivity index (χ0n) is 35.2. The SMILES string of the molecule is CC(C)C1=C2[C@H]3CCC4[C@@]5(C)CC[C@H](OC(=O)CC(C)(C)C(=O)O)C(C)(C)C5CC[C@@]4(C)[C@]3(C)CC[C@@]2(CCN(CC(=O)N(C)C)CC2CC2)CC1=O. The predicted molar refractivity (Wildman–Crippen MR) is 208 cm³/mol. The second-order valence-corrected chi connectivity index (χ2v) is 21.4. The summed E-state index contributed by atoms with van der Waals surface area (Å²) in [4.78, 5) is 56.1. The highest BCUT2D eigenvalue weighted by molar-refractivity contribution is 6.00. The summed E-state index contributed by atoms with van der Waals surface area (Å²) in [7, 11) is 3.70. The molecule has 0 saturated heterocycles. The number of nitrogens with zero attached hydrogens (tertiary/aromatic N) is 2. The smallest absolute Gasteiger partial charge is 0.309 e. The summed E-state index contributed by atoms with van der Waals surface area (Å²) in [6, 6.07) is 0. The van der Waals surface area contributed by atoms with Gasteiger partial charge in [-0.05, 0) is 142 Å². The van der Waals surface area contributed by atoms with Crippen LogP contribution >= 0.6 is 0 Å². The van der Waals surface area contributed by atoms with Gasteiger partial charge in [0.15, 0.2) is 5.78 Å². The van der Waals surface area contributed by atoms with Crippen molar-refractivity contribution in [3.63, 3.8) is 0 Å². The summed E-state index contributed by atoms with van der Waals surface area (Å²) in [5.74, 6) is 1.39. The van der Waals surface area contributed by atoms with Crippen LogP contribution in [0, 0.1) is 62.1 Å². The molecule has 298 valence electrons. The Balaban J connectivity index is 1.26. The van der Waals surface area contributed by atoms with Crippen molar-refractivity contribution in [2.45, 2.75) is 152 Å². The van der Waals surface area contributed by atoms with E-state index in [1.165, 1.54) is 18.4 Å². The number of fused-ring (bicyclic) bond motifs is 7.